The Balaban J connectivity index is 2.41. The summed E-state index contributed by atoms with van der Waals surface area (Å²) in [5, 5.41) is 1.46. The van der Waals surface area contributed by atoms with Crippen molar-refractivity contribution in [3.05, 3.63) is 0 Å². The number of carbonyl (C=O) groups excluding carboxylic acids is 3. The minimum absolute atomic E-state index is 0.165. The van der Waals surface area contributed by atoms with Gasteiger partial charge in [0.05, 0.1) is 13.0 Å². The molecule has 1 unspecified atom stereocenters. The molecule has 1 aliphatic rings. The zero-order valence-corrected chi connectivity index (χ0v) is 11.2. The molecule has 0 aliphatic carbocycles. The number of alkyl halides is 1. The van der Waals surface area contributed by atoms with E-state index in [2.05, 4.69) is 10.1 Å². The molecule has 1 heterocycles. The largest absolute Gasteiger partial charge is 0.469 e. The number of urea groups is 1. The van der Waals surface area contributed by atoms with E-state index < -0.39 is 17.3 Å². The van der Waals surface area contributed by atoms with Crippen LogP contribution in [0.2, 0.25) is 0 Å². The van der Waals surface area contributed by atoms with E-state index in [0.717, 1.165) is 0 Å². The molecule has 3 amide bonds. The normalized spacial score (nSPS) is 18.1. The first-order valence-corrected chi connectivity index (χ1v) is 6.21. The second-order valence-corrected chi connectivity index (χ2v) is 4.85. The minimum atomic E-state index is -0.749. The van der Waals surface area contributed by atoms with Gasteiger partial charge in [0.15, 0.2) is 0 Å². The van der Waals surface area contributed by atoms with Gasteiger partial charge in [0.1, 0.15) is 5.38 Å². The predicted octanol–water partition coefficient (Wildman–Crippen LogP) is 0.735. The first kappa shape index (κ1) is 14.8. The number of hydrogen-bond donors (Lipinski definition) is 1. The standard InChI is InChI=1S/C11H17ClN2O4/c1-7(12)9(15)13-11(17)14-5-3-8(4-6-14)10(16)18-2/h7-8H,3-6H2,1-2H3,(H,13,15,17). The molecule has 7 heteroatoms. The molecule has 0 aromatic heterocycles. The lowest BCUT2D eigenvalue weighted by Gasteiger charge is -2.30. The summed E-state index contributed by atoms with van der Waals surface area (Å²) >= 11 is 5.55. The average Bonchev–Trinajstić information content (AvgIpc) is 2.37. The van der Waals surface area contributed by atoms with Crippen LogP contribution < -0.4 is 5.32 Å². The van der Waals surface area contributed by atoms with Gasteiger partial charge < -0.3 is 9.64 Å². The Kier molecular flexibility index (Phi) is 5.40. The molecule has 1 atom stereocenters. The molecule has 0 aromatic carbocycles. The molecular formula is C11H17ClN2O4. The van der Waals surface area contributed by atoms with Crippen LogP contribution in [0.3, 0.4) is 0 Å². The molecule has 1 saturated heterocycles. The summed E-state index contributed by atoms with van der Waals surface area (Å²) in [5.41, 5.74) is 0. The van der Waals surface area contributed by atoms with Crippen LogP contribution in [-0.2, 0) is 14.3 Å². The smallest absolute Gasteiger partial charge is 0.324 e. The Labute approximate surface area is 111 Å². The fraction of sp³-hybridized carbons (Fsp3) is 0.727. The summed E-state index contributed by atoms with van der Waals surface area (Å²) in [6.45, 7) is 2.35. The van der Waals surface area contributed by atoms with Gasteiger partial charge >= 0.3 is 12.0 Å². The number of carbonyl (C=O) groups is 3. The number of amides is 3. The monoisotopic (exact) mass is 276 g/mol. The second kappa shape index (κ2) is 6.58. The van der Waals surface area contributed by atoms with E-state index >= 15 is 0 Å². The highest BCUT2D eigenvalue weighted by molar-refractivity contribution is 6.31. The van der Waals surface area contributed by atoms with Gasteiger partial charge in [-0.3, -0.25) is 14.9 Å². The van der Waals surface area contributed by atoms with Crippen LogP contribution in [0.4, 0.5) is 4.79 Å². The van der Waals surface area contributed by atoms with Crippen molar-refractivity contribution in [2.45, 2.75) is 25.1 Å². The maximum atomic E-state index is 11.7. The zero-order chi connectivity index (χ0) is 13.7. The lowest BCUT2D eigenvalue weighted by atomic mass is 9.97. The third-order valence-electron chi connectivity index (χ3n) is 2.91. The molecule has 0 radical (unpaired) electrons. The number of piperidine rings is 1. The number of halogens is 1. The Hall–Kier alpha value is -1.30. The molecule has 1 fully saturated rings. The number of methoxy groups -OCH3 is 1. The molecule has 0 spiro atoms. The number of ether oxygens (including phenoxy) is 1. The van der Waals surface area contributed by atoms with Crippen LogP contribution >= 0.6 is 11.6 Å². The van der Waals surface area contributed by atoms with Crippen molar-refractivity contribution < 1.29 is 19.1 Å². The van der Waals surface area contributed by atoms with E-state index in [9.17, 15) is 14.4 Å². The molecule has 0 saturated carbocycles. The van der Waals surface area contributed by atoms with E-state index in [4.69, 9.17) is 11.6 Å². The summed E-state index contributed by atoms with van der Waals surface area (Å²) in [4.78, 5) is 35.7. The fourth-order valence-corrected chi connectivity index (χ4v) is 1.82. The number of esters is 1. The number of nitrogens with zero attached hydrogens (tertiary/aromatic N) is 1. The Morgan fingerprint density at radius 3 is 2.33 bits per heavy atom. The number of rotatable bonds is 2. The average molecular weight is 277 g/mol. The predicted molar refractivity (Wildman–Crippen MR) is 65.2 cm³/mol. The topological polar surface area (TPSA) is 75.7 Å². The van der Waals surface area contributed by atoms with Gasteiger partial charge in [-0.15, -0.1) is 11.6 Å². The van der Waals surface area contributed by atoms with Crippen LogP contribution in [-0.4, -0.2) is 48.4 Å². The lowest BCUT2D eigenvalue weighted by Crippen LogP contribution is -2.48. The molecule has 1 aliphatic heterocycles. The third-order valence-corrected chi connectivity index (χ3v) is 3.11. The Morgan fingerprint density at radius 1 is 1.33 bits per heavy atom. The van der Waals surface area contributed by atoms with E-state index in [-0.39, 0.29) is 11.9 Å². The van der Waals surface area contributed by atoms with Crippen molar-refractivity contribution in [2.75, 3.05) is 20.2 Å². The van der Waals surface area contributed by atoms with E-state index in [1.54, 1.807) is 0 Å². The van der Waals surface area contributed by atoms with Gasteiger partial charge in [0.2, 0.25) is 5.91 Å². The Bertz CT molecular complexity index is 338. The summed E-state index contributed by atoms with van der Waals surface area (Å²) in [6.07, 6.45) is 1.09. The SMILES string of the molecule is COC(=O)C1CCN(C(=O)NC(=O)C(C)Cl)CC1. The highest BCUT2D eigenvalue weighted by Crippen LogP contribution is 2.18. The van der Waals surface area contributed by atoms with Crippen molar-refractivity contribution in [1.29, 1.82) is 0 Å². The van der Waals surface area contributed by atoms with Crippen molar-refractivity contribution in [3.63, 3.8) is 0 Å². The number of imide groups is 1. The van der Waals surface area contributed by atoms with Crippen LogP contribution in [0.15, 0.2) is 0 Å². The highest BCUT2D eigenvalue weighted by atomic mass is 35.5. The number of nitrogens with one attached hydrogen (secondary N) is 1. The number of hydrogen-bond acceptors (Lipinski definition) is 4. The summed E-state index contributed by atoms with van der Waals surface area (Å²) in [7, 11) is 1.35. The summed E-state index contributed by atoms with van der Waals surface area (Å²) in [6, 6.07) is -0.462. The maximum absolute atomic E-state index is 11.7. The summed E-state index contributed by atoms with van der Waals surface area (Å²) in [5.74, 6) is -0.932. The fourth-order valence-electron chi connectivity index (χ4n) is 1.77. The van der Waals surface area contributed by atoms with E-state index in [0.29, 0.717) is 25.9 Å². The molecule has 102 valence electrons. The zero-order valence-electron chi connectivity index (χ0n) is 10.4. The van der Waals surface area contributed by atoms with Crippen molar-refractivity contribution in [3.8, 4) is 0 Å². The van der Waals surface area contributed by atoms with Crippen LogP contribution in [0.25, 0.3) is 0 Å². The van der Waals surface area contributed by atoms with Crippen molar-refractivity contribution >= 4 is 29.5 Å². The maximum Gasteiger partial charge on any atom is 0.324 e. The van der Waals surface area contributed by atoms with Crippen molar-refractivity contribution in [2.24, 2.45) is 5.92 Å². The molecule has 0 bridgehead atoms. The molecular weight excluding hydrogens is 260 g/mol. The first-order valence-electron chi connectivity index (χ1n) is 5.77. The highest BCUT2D eigenvalue weighted by Gasteiger charge is 2.28. The van der Waals surface area contributed by atoms with Crippen LogP contribution in [0.5, 0.6) is 0 Å². The summed E-state index contributed by atoms with van der Waals surface area (Å²) < 4.78 is 4.65. The van der Waals surface area contributed by atoms with Gasteiger partial charge in [0.25, 0.3) is 0 Å². The van der Waals surface area contributed by atoms with Gasteiger partial charge in [-0.05, 0) is 19.8 Å². The Morgan fingerprint density at radius 2 is 1.89 bits per heavy atom. The van der Waals surface area contributed by atoms with Gasteiger partial charge in [-0.1, -0.05) is 0 Å². The van der Waals surface area contributed by atoms with Gasteiger partial charge in [0, 0.05) is 13.1 Å². The lowest BCUT2D eigenvalue weighted by molar-refractivity contribution is -0.146. The van der Waals surface area contributed by atoms with Crippen molar-refractivity contribution in [1.82, 2.24) is 10.2 Å². The van der Waals surface area contributed by atoms with Gasteiger partial charge in [-0.25, -0.2) is 4.79 Å². The molecule has 6 nitrogen and oxygen atoms in total. The number of likely N-dealkylation sites (tertiary alicyclic amines) is 1. The third kappa shape index (κ3) is 3.87. The van der Waals surface area contributed by atoms with Crippen LogP contribution in [0.1, 0.15) is 19.8 Å². The van der Waals surface area contributed by atoms with Gasteiger partial charge in [-0.2, -0.15) is 0 Å². The van der Waals surface area contributed by atoms with E-state index in [1.165, 1.54) is 18.9 Å². The van der Waals surface area contributed by atoms with Crippen LogP contribution in [0, 0.1) is 5.92 Å². The van der Waals surface area contributed by atoms with E-state index in [1.807, 2.05) is 0 Å². The molecule has 1 rings (SSSR count). The second-order valence-electron chi connectivity index (χ2n) is 4.19. The minimum Gasteiger partial charge on any atom is -0.469 e. The quantitative estimate of drug-likeness (QED) is 0.596. The molecule has 18 heavy (non-hydrogen) atoms. The molecule has 0 aromatic rings. The molecule has 1 N–H and O–H groups in total. The first-order chi connectivity index (χ1) is 8.45.